The van der Waals surface area contributed by atoms with E-state index in [9.17, 15) is 4.79 Å². The Kier molecular flexibility index (Phi) is 4.54. The topological polar surface area (TPSA) is 44.9 Å². The molecule has 124 valence electrons. The molecule has 3 aromatic rings. The van der Waals surface area contributed by atoms with Gasteiger partial charge < -0.3 is 10.3 Å². The first-order valence-electron chi connectivity index (χ1n) is 8.34. The molecule has 2 N–H and O–H groups in total. The van der Waals surface area contributed by atoms with E-state index in [1.165, 1.54) is 5.56 Å². The highest BCUT2D eigenvalue weighted by molar-refractivity contribution is 5.78. The molecule has 0 aliphatic carbocycles. The van der Waals surface area contributed by atoms with Crippen LogP contribution in [0.15, 0.2) is 65.5 Å². The zero-order chi connectivity index (χ0) is 17.2. The van der Waals surface area contributed by atoms with Gasteiger partial charge in [0.05, 0.1) is 0 Å². The minimum Gasteiger partial charge on any atom is -0.322 e. The molecule has 0 saturated carbocycles. The van der Waals surface area contributed by atoms with Crippen LogP contribution in [0.25, 0.3) is 10.9 Å². The maximum Gasteiger partial charge on any atom is 0.252 e. The largest absolute Gasteiger partial charge is 0.322 e. The maximum atomic E-state index is 12.3. The van der Waals surface area contributed by atoms with Crippen LogP contribution in [0.1, 0.15) is 37.9 Å². The normalized spacial score (nSPS) is 13.1. The number of nitrogens with one attached hydrogen (secondary N) is 2. The van der Waals surface area contributed by atoms with Crippen molar-refractivity contribution >= 4 is 10.9 Å². The standard InChI is InChI=1S/C21H24N2O/c1-21(2,3)19(15-9-5-4-6-10-15)22-14-17-13-16-11-7-8-12-18(16)23-20(17)24/h4-13,19,22H,14H2,1-3H3,(H,23,24). The van der Waals surface area contributed by atoms with Crippen LogP contribution < -0.4 is 10.9 Å². The molecule has 24 heavy (non-hydrogen) atoms. The number of aromatic amines is 1. The molecule has 1 unspecified atom stereocenters. The van der Waals surface area contributed by atoms with Crippen molar-refractivity contribution in [3.05, 3.63) is 82.1 Å². The molecule has 0 aliphatic heterocycles. The summed E-state index contributed by atoms with van der Waals surface area (Å²) in [5, 5.41) is 4.63. The van der Waals surface area contributed by atoms with Gasteiger partial charge in [-0.15, -0.1) is 0 Å². The predicted molar refractivity (Wildman–Crippen MR) is 100 cm³/mol. The zero-order valence-corrected chi connectivity index (χ0v) is 14.5. The van der Waals surface area contributed by atoms with Crippen LogP contribution in [0.4, 0.5) is 0 Å². The Labute approximate surface area is 142 Å². The van der Waals surface area contributed by atoms with Gasteiger partial charge in [-0.2, -0.15) is 0 Å². The molecule has 0 bridgehead atoms. The minimum absolute atomic E-state index is 0.0260. The molecule has 0 spiro atoms. The number of hydrogen-bond donors (Lipinski definition) is 2. The summed E-state index contributed by atoms with van der Waals surface area (Å²) in [5.74, 6) is 0. The summed E-state index contributed by atoms with van der Waals surface area (Å²) in [6.45, 7) is 7.17. The van der Waals surface area contributed by atoms with Gasteiger partial charge in [0.25, 0.3) is 5.56 Å². The fourth-order valence-electron chi connectivity index (χ4n) is 3.11. The lowest BCUT2D eigenvalue weighted by molar-refractivity contribution is 0.271. The van der Waals surface area contributed by atoms with E-state index in [1.54, 1.807) is 0 Å². The Morgan fingerprint density at radius 1 is 1.00 bits per heavy atom. The lowest BCUT2D eigenvalue weighted by Crippen LogP contribution is -2.33. The predicted octanol–water partition coefficient (Wildman–Crippen LogP) is 4.41. The highest BCUT2D eigenvalue weighted by Gasteiger charge is 2.25. The van der Waals surface area contributed by atoms with E-state index >= 15 is 0 Å². The molecule has 0 aliphatic rings. The molecular formula is C21H24N2O. The van der Waals surface area contributed by atoms with Crippen molar-refractivity contribution in [1.29, 1.82) is 0 Å². The van der Waals surface area contributed by atoms with Gasteiger partial charge in [0.2, 0.25) is 0 Å². The second-order valence-corrected chi connectivity index (χ2v) is 7.30. The maximum absolute atomic E-state index is 12.3. The zero-order valence-electron chi connectivity index (χ0n) is 14.5. The Morgan fingerprint density at radius 2 is 1.67 bits per heavy atom. The lowest BCUT2D eigenvalue weighted by Gasteiger charge is -2.32. The van der Waals surface area contributed by atoms with Crippen molar-refractivity contribution in [2.45, 2.75) is 33.4 Å². The van der Waals surface area contributed by atoms with E-state index in [0.29, 0.717) is 6.54 Å². The number of para-hydroxylation sites is 1. The van der Waals surface area contributed by atoms with E-state index in [-0.39, 0.29) is 17.0 Å². The van der Waals surface area contributed by atoms with Gasteiger partial charge in [-0.3, -0.25) is 4.79 Å². The van der Waals surface area contributed by atoms with Crippen LogP contribution in [0.5, 0.6) is 0 Å². The van der Waals surface area contributed by atoms with E-state index in [2.05, 4.69) is 55.3 Å². The summed E-state index contributed by atoms with van der Waals surface area (Å²) >= 11 is 0. The van der Waals surface area contributed by atoms with Crippen molar-refractivity contribution < 1.29 is 0 Å². The summed E-state index contributed by atoms with van der Waals surface area (Å²) in [5.41, 5.74) is 2.90. The summed E-state index contributed by atoms with van der Waals surface area (Å²) in [6, 6.07) is 20.4. The Balaban J connectivity index is 1.87. The first kappa shape index (κ1) is 16.5. The van der Waals surface area contributed by atoms with Gasteiger partial charge >= 0.3 is 0 Å². The smallest absolute Gasteiger partial charge is 0.252 e. The van der Waals surface area contributed by atoms with E-state index < -0.39 is 0 Å². The van der Waals surface area contributed by atoms with Gasteiger partial charge in [0.15, 0.2) is 0 Å². The van der Waals surface area contributed by atoms with Crippen molar-refractivity contribution in [2.75, 3.05) is 0 Å². The Hall–Kier alpha value is -2.39. The average molecular weight is 320 g/mol. The van der Waals surface area contributed by atoms with E-state index in [4.69, 9.17) is 0 Å². The average Bonchev–Trinajstić information content (AvgIpc) is 2.55. The molecule has 1 atom stereocenters. The lowest BCUT2D eigenvalue weighted by atomic mass is 9.82. The fourth-order valence-corrected chi connectivity index (χ4v) is 3.11. The fraction of sp³-hybridized carbons (Fsp3) is 0.286. The number of fused-ring (bicyclic) bond motifs is 1. The van der Waals surface area contributed by atoms with Crippen molar-refractivity contribution in [3.8, 4) is 0 Å². The molecule has 3 heteroatoms. The minimum atomic E-state index is -0.0260. The van der Waals surface area contributed by atoms with Crippen LogP contribution in [0.3, 0.4) is 0 Å². The molecule has 1 heterocycles. The van der Waals surface area contributed by atoms with Crippen molar-refractivity contribution in [2.24, 2.45) is 5.41 Å². The van der Waals surface area contributed by atoms with Crippen LogP contribution >= 0.6 is 0 Å². The van der Waals surface area contributed by atoms with Gasteiger partial charge in [-0.1, -0.05) is 69.3 Å². The molecular weight excluding hydrogens is 296 g/mol. The summed E-state index contributed by atoms with van der Waals surface area (Å²) in [4.78, 5) is 15.3. The Bertz CT molecular complexity index is 875. The molecule has 0 radical (unpaired) electrons. The second-order valence-electron chi connectivity index (χ2n) is 7.30. The van der Waals surface area contributed by atoms with Crippen molar-refractivity contribution in [3.63, 3.8) is 0 Å². The SMILES string of the molecule is CC(C)(C)C(NCc1cc2ccccc2[nH]c1=O)c1ccccc1. The van der Waals surface area contributed by atoms with E-state index in [0.717, 1.165) is 16.5 Å². The van der Waals surface area contributed by atoms with Crippen LogP contribution in [0.2, 0.25) is 0 Å². The molecule has 0 fully saturated rings. The number of hydrogen-bond acceptors (Lipinski definition) is 2. The summed E-state index contributed by atoms with van der Waals surface area (Å²) < 4.78 is 0. The third-order valence-corrected chi connectivity index (χ3v) is 4.33. The quantitative estimate of drug-likeness (QED) is 0.748. The molecule has 2 aromatic carbocycles. The highest BCUT2D eigenvalue weighted by Crippen LogP contribution is 2.32. The molecule has 0 saturated heterocycles. The van der Waals surface area contributed by atoms with E-state index in [1.807, 2.05) is 36.4 Å². The summed E-state index contributed by atoms with van der Waals surface area (Å²) in [6.07, 6.45) is 0. The number of aromatic nitrogens is 1. The first-order chi connectivity index (χ1) is 11.4. The van der Waals surface area contributed by atoms with Gasteiger partial charge in [-0.05, 0) is 28.5 Å². The molecule has 3 rings (SSSR count). The third kappa shape index (κ3) is 3.57. The second kappa shape index (κ2) is 6.62. The van der Waals surface area contributed by atoms with Crippen LogP contribution in [0, 0.1) is 5.41 Å². The van der Waals surface area contributed by atoms with Gasteiger partial charge in [-0.25, -0.2) is 0 Å². The number of H-pyrrole nitrogens is 1. The van der Waals surface area contributed by atoms with Crippen LogP contribution in [-0.2, 0) is 6.54 Å². The molecule has 1 aromatic heterocycles. The van der Waals surface area contributed by atoms with Crippen molar-refractivity contribution in [1.82, 2.24) is 10.3 Å². The number of rotatable bonds is 4. The van der Waals surface area contributed by atoms with Gasteiger partial charge in [0.1, 0.15) is 0 Å². The highest BCUT2D eigenvalue weighted by atomic mass is 16.1. The number of pyridine rings is 1. The third-order valence-electron chi connectivity index (χ3n) is 4.33. The van der Waals surface area contributed by atoms with Crippen LogP contribution in [-0.4, -0.2) is 4.98 Å². The Morgan fingerprint density at radius 3 is 2.38 bits per heavy atom. The molecule has 3 nitrogen and oxygen atoms in total. The van der Waals surface area contributed by atoms with Gasteiger partial charge in [0, 0.05) is 23.7 Å². The summed E-state index contributed by atoms with van der Waals surface area (Å²) in [7, 11) is 0. The number of benzene rings is 2. The molecule has 0 amide bonds. The monoisotopic (exact) mass is 320 g/mol. The first-order valence-corrected chi connectivity index (χ1v) is 8.34.